The maximum absolute atomic E-state index is 6.24. The lowest BCUT2D eigenvalue weighted by Gasteiger charge is -2.11. The van der Waals surface area contributed by atoms with Crippen LogP contribution in [0.1, 0.15) is 29.6 Å². The van der Waals surface area contributed by atoms with Gasteiger partial charge in [0.15, 0.2) is 0 Å². The predicted molar refractivity (Wildman–Crippen MR) is 82.0 cm³/mol. The molecule has 2 unspecified atom stereocenters. The van der Waals surface area contributed by atoms with E-state index in [1.54, 1.807) is 0 Å². The molecule has 1 aliphatic rings. The molecule has 1 heterocycles. The Kier molecular flexibility index (Phi) is 3.89. The fourth-order valence-electron chi connectivity index (χ4n) is 2.43. The van der Waals surface area contributed by atoms with Crippen LogP contribution in [0.15, 0.2) is 53.0 Å². The van der Waals surface area contributed by atoms with Gasteiger partial charge in [0.05, 0.1) is 0 Å². The number of rotatable bonds is 2. The van der Waals surface area contributed by atoms with E-state index in [4.69, 9.17) is 11.6 Å². The number of halogens is 2. The average Bonchev–Trinajstić information content (AvgIpc) is 2.89. The summed E-state index contributed by atoms with van der Waals surface area (Å²) in [7, 11) is 0. The average molecular weight is 338 g/mol. The highest BCUT2D eigenvalue weighted by Crippen LogP contribution is 2.34. The lowest BCUT2D eigenvalue weighted by Crippen LogP contribution is -2.26. The molecule has 0 aliphatic carbocycles. The van der Waals surface area contributed by atoms with E-state index < -0.39 is 0 Å². The molecular formula is C15H14BrClN2. The summed E-state index contributed by atoms with van der Waals surface area (Å²) in [5, 5.41) is 0.818. The summed E-state index contributed by atoms with van der Waals surface area (Å²) in [6.07, 6.45) is 0.991. The molecule has 2 N–H and O–H groups in total. The third kappa shape index (κ3) is 2.84. The first-order chi connectivity index (χ1) is 9.24. The quantitative estimate of drug-likeness (QED) is 0.849. The van der Waals surface area contributed by atoms with Gasteiger partial charge in [0.2, 0.25) is 0 Å². The topological polar surface area (TPSA) is 24.1 Å². The van der Waals surface area contributed by atoms with E-state index in [2.05, 4.69) is 57.1 Å². The van der Waals surface area contributed by atoms with Crippen molar-refractivity contribution in [2.75, 3.05) is 0 Å². The minimum absolute atomic E-state index is 0.252. The molecule has 2 atom stereocenters. The van der Waals surface area contributed by atoms with Crippen molar-refractivity contribution in [3.05, 3.63) is 69.2 Å². The monoisotopic (exact) mass is 336 g/mol. The van der Waals surface area contributed by atoms with Gasteiger partial charge in [0.1, 0.15) is 0 Å². The Hall–Kier alpha value is -0.870. The van der Waals surface area contributed by atoms with Crippen molar-refractivity contribution in [1.82, 2.24) is 10.9 Å². The summed E-state index contributed by atoms with van der Waals surface area (Å²) >= 11 is 9.70. The van der Waals surface area contributed by atoms with Crippen LogP contribution in [-0.4, -0.2) is 0 Å². The normalized spacial score (nSPS) is 22.6. The second-order valence-electron chi connectivity index (χ2n) is 4.70. The van der Waals surface area contributed by atoms with Crippen molar-refractivity contribution >= 4 is 27.5 Å². The van der Waals surface area contributed by atoms with Crippen LogP contribution in [0.2, 0.25) is 5.02 Å². The predicted octanol–water partition coefficient (Wildman–Crippen LogP) is 4.38. The first-order valence-electron chi connectivity index (χ1n) is 6.25. The Morgan fingerprint density at radius 3 is 2.37 bits per heavy atom. The van der Waals surface area contributed by atoms with E-state index in [1.165, 1.54) is 5.56 Å². The highest BCUT2D eigenvalue weighted by molar-refractivity contribution is 9.10. The number of nitrogens with one attached hydrogen (secondary N) is 2. The van der Waals surface area contributed by atoms with Crippen molar-refractivity contribution in [2.45, 2.75) is 18.5 Å². The Labute approximate surface area is 126 Å². The fourth-order valence-corrected chi connectivity index (χ4v) is 2.96. The van der Waals surface area contributed by atoms with Crippen LogP contribution in [0.3, 0.4) is 0 Å². The smallest absolute Gasteiger partial charge is 0.0495 e. The van der Waals surface area contributed by atoms with Gasteiger partial charge in [0.25, 0.3) is 0 Å². The zero-order chi connectivity index (χ0) is 13.2. The highest BCUT2D eigenvalue weighted by atomic mass is 79.9. The number of hydrogen-bond donors (Lipinski definition) is 2. The van der Waals surface area contributed by atoms with Gasteiger partial charge in [0, 0.05) is 21.6 Å². The molecule has 1 aliphatic heterocycles. The largest absolute Gasteiger partial charge is 0.250 e. The lowest BCUT2D eigenvalue weighted by molar-refractivity contribution is 0.555. The summed E-state index contributed by atoms with van der Waals surface area (Å²) in [4.78, 5) is 0. The van der Waals surface area contributed by atoms with Gasteiger partial charge >= 0.3 is 0 Å². The molecular weight excluding hydrogens is 324 g/mol. The molecule has 2 nitrogen and oxygen atoms in total. The zero-order valence-corrected chi connectivity index (χ0v) is 12.6. The summed E-state index contributed by atoms with van der Waals surface area (Å²) in [6, 6.07) is 17.0. The second-order valence-corrected chi connectivity index (χ2v) is 6.03. The van der Waals surface area contributed by atoms with Gasteiger partial charge in [-0.05, 0) is 35.7 Å². The van der Waals surface area contributed by atoms with Crippen molar-refractivity contribution in [1.29, 1.82) is 0 Å². The molecule has 0 radical (unpaired) electrons. The molecule has 1 fully saturated rings. The Balaban J connectivity index is 1.77. The number of hydrogen-bond acceptors (Lipinski definition) is 2. The van der Waals surface area contributed by atoms with Crippen LogP contribution in [0, 0.1) is 0 Å². The van der Waals surface area contributed by atoms with E-state index in [-0.39, 0.29) is 6.04 Å². The molecule has 2 aromatic rings. The van der Waals surface area contributed by atoms with Gasteiger partial charge in [-0.15, -0.1) is 0 Å². The first-order valence-corrected chi connectivity index (χ1v) is 7.42. The maximum Gasteiger partial charge on any atom is 0.0495 e. The van der Waals surface area contributed by atoms with Gasteiger partial charge < -0.3 is 0 Å². The molecule has 2 aromatic carbocycles. The maximum atomic E-state index is 6.24. The first kappa shape index (κ1) is 13.1. The lowest BCUT2D eigenvalue weighted by atomic mass is 9.98. The minimum atomic E-state index is 0.252. The minimum Gasteiger partial charge on any atom is -0.250 e. The van der Waals surface area contributed by atoms with Crippen LogP contribution in [0.25, 0.3) is 0 Å². The summed E-state index contributed by atoms with van der Waals surface area (Å²) in [5.74, 6) is 0. The van der Waals surface area contributed by atoms with Crippen molar-refractivity contribution in [2.24, 2.45) is 0 Å². The summed E-state index contributed by atoms with van der Waals surface area (Å²) in [6.45, 7) is 0. The van der Waals surface area contributed by atoms with Crippen LogP contribution in [0.4, 0.5) is 0 Å². The van der Waals surface area contributed by atoms with E-state index in [0.29, 0.717) is 6.04 Å². The molecule has 0 spiro atoms. The van der Waals surface area contributed by atoms with Crippen LogP contribution in [-0.2, 0) is 0 Å². The standard InChI is InChI=1S/C15H14BrClN2/c16-11-7-5-10(6-8-11)14-9-15(19-18-14)12-3-1-2-4-13(12)17/h1-8,14-15,18-19H,9H2. The van der Waals surface area contributed by atoms with Crippen molar-refractivity contribution in [3.8, 4) is 0 Å². The summed E-state index contributed by atoms with van der Waals surface area (Å²) < 4.78 is 1.10. The molecule has 0 amide bonds. The van der Waals surface area contributed by atoms with Gasteiger partial charge in [-0.2, -0.15) is 0 Å². The third-order valence-corrected chi connectivity index (χ3v) is 4.33. The Morgan fingerprint density at radius 1 is 0.947 bits per heavy atom. The molecule has 3 rings (SSSR count). The zero-order valence-electron chi connectivity index (χ0n) is 10.2. The molecule has 0 bridgehead atoms. The molecule has 4 heteroatoms. The van der Waals surface area contributed by atoms with Gasteiger partial charge in [-0.25, -0.2) is 10.9 Å². The molecule has 0 aromatic heterocycles. The van der Waals surface area contributed by atoms with E-state index in [9.17, 15) is 0 Å². The van der Waals surface area contributed by atoms with Crippen LogP contribution < -0.4 is 10.9 Å². The van der Waals surface area contributed by atoms with Crippen molar-refractivity contribution < 1.29 is 0 Å². The third-order valence-electron chi connectivity index (χ3n) is 3.46. The second kappa shape index (κ2) is 5.63. The SMILES string of the molecule is Clc1ccccc1C1CC(c2ccc(Br)cc2)NN1. The van der Waals surface area contributed by atoms with Gasteiger partial charge in [-0.1, -0.05) is 57.9 Å². The van der Waals surface area contributed by atoms with E-state index in [1.807, 2.05) is 18.2 Å². The molecule has 1 saturated heterocycles. The van der Waals surface area contributed by atoms with Crippen LogP contribution in [0.5, 0.6) is 0 Å². The molecule has 19 heavy (non-hydrogen) atoms. The number of hydrazine groups is 1. The number of benzene rings is 2. The summed E-state index contributed by atoms with van der Waals surface area (Å²) in [5.41, 5.74) is 9.11. The fraction of sp³-hybridized carbons (Fsp3) is 0.200. The van der Waals surface area contributed by atoms with E-state index >= 15 is 0 Å². The van der Waals surface area contributed by atoms with Crippen LogP contribution >= 0.6 is 27.5 Å². The Morgan fingerprint density at radius 2 is 1.63 bits per heavy atom. The van der Waals surface area contributed by atoms with E-state index in [0.717, 1.165) is 21.5 Å². The van der Waals surface area contributed by atoms with Gasteiger partial charge in [-0.3, -0.25) is 0 Å². The van der Waals surface area contributed by atoms with Crippen molar-refractivity contribution in [3.63, 3.8) is 0 Å². The Bertz CT molecular complexity index is 571. The molecule has 98 valence electrons. The highest BCUT2D eigenvalue weighted by Gasteiger charge is 2.27. The molecule has 0 saturated carbocycles.